The quantitative estimate of drug-likeness (QED) is 0.637. The highest BCUT2D eigenvalue weighted by atomic mass is 16.5. The molecular weight excluding hydrogens is 266 g/mol. The van der Waals surface area contributed by atoms with Crippen LogP contribution in [0.25, 0.3) is 0 Å². The second kappa shape index (κ2) is 9.64. The van der Waals surface area contributed by atoms with E-state index in [4.69, 9.17) is 14.2 Å². The summed E-state index contributed by atoms with van der Waals surface area (Å²) >= 11 is 0. The van der Waals surface area contributed by atoms with Crippen molar-refractivity contribution in [1.29, 1.82) is 0 Å². The summed E-state index contributed by atoms with van der Waals surface area (Å²) in [5, 5.41) is 3.44. The molecule has 0 spiro atoms. The topological polar surface area (TPSA) is 39.7 Å². The number of methoxy groups -OCH3 is 2. The Kier molecular flexibility index (Phi) is 8.16. The summed E-state index contributed by atoms with van der Waals surface area (Å²) in [6.45, 7) is 7.81. The summed E-state index contributed by atoms with van der Waals surface area (Å²) < 4.78 is 16.2. The van der Waals surface area contributed by atoms with E-state index in [2.05, 4.69) is 19.2 Å². The zero-order valence-electron chi connectivity index (χ0n) is 13.8. The summed E-state index contributed by atoms with van der Waals surface area (Å²) in [6, 6.07) is 7.77. The first-order valence-electron chi connectivity index (χ1n) is 7.60. The van der Waals surface area contributed by atoms with Crippen molar-refractivity contribution < 1.29 is 14.2 Å². The summed E-state index contributed by atoms with van der Waals surface area (Å²) in [7, 11) is 3.39. The van der Waals surface area contributed by atoms with Gasteiger partial charge in [0.05, 0.1) is 20.3 Å². The van der Waals surface area contributed by atoms with E-state index in [9.17, 15) is 0 Å². The van der Waals surface area contributed by atoms with Crippen molar-refractivity contribution in [3.63, 3.8) is 0 Å². The second-order valence-electron chi connectivity index (χ2n) is 5.58. The molecule has 1 aromatic carbocycles. The predicted molar refractivity (Wildman–Crippen MR) is 86.2 cm³/mol. The second-order valence-corrected chi connectivity index (χ2v) is 5.58. The molecule has 0 aromatic heterocycles. The molecule has 1 rings (SSSR count). The minimum atomic E-state index is 0.232. The van der Waals surface area contributed by atoms with E-state index in [1.54, 1.807) is 14.2 Å². The van der Waals surface area contributed by atoms with E-state index in [0.29, 0.717) is 6.61 Å². The monoisotopic (exact) mass is 295 g/mol. The largest absolute Gasteiger partial charge is 0.493 e. The van der Waals surface area contributed by atoms with Crippen LogP contribution in [-0.4, -0.2) is 40.5 Å². The number of rotatable bonds is 11. The SMILES string of the molecule is CCC(C)(CCOc1ccccc1OC)CNCCOC. The molecule has 1 aromatic rings. The molecule has 0 bridgehead atoms. The van der Waals surface area contributed by atoms with E-state index < -0.39 is 0 Å². The summed E-state index contributed by atoms with van der Waals surface area (Å²) in [4.78, 5) is 0. The molecule has 0 aliphatic heterocycles. The highest BCUT2D eigenvalue weighted by Crippen LogP contribution is 2.28. The lowest BCUT2D eigenvalue weighted by molar-refractivity contribution is 0.175. The van der Waals surface area contributed by atoms with E-state index in [1.807, 2.05) is 24.3 Å². The molecule has 1 atom stereocenters. The minimum Gasteiger partial charge on any atom is -0.493 e. The van der Waals surface area contributed by atoms with E-state index in [-0.39, 0.29) is 5.41 Å². The molecule has 0 heterocycles. The van der Waals surface area contributed by atoms with Crippen molar-refractivity contribution >= 4 is 0 Å². The smallest absolute Gasteiger partial charge is 0.161 e. The fraction of sp³-hybridized carbons (Fsp3) is 0.647. The van der Waals surface area contributed by atoms with Gasteiger partial charge in [-0.3, -0.25) is 0 Å². The Balaban J connectivity index is 2.40. The molecule has 21 heavy (non-hydrogen) atoms. The predicted octanol–water partition coefficient (Wildman–Crippen LogP) is 3.12. The maximum atomic E-state index is 5.88. The third-order valence-electron chi connectivity index (χ3n) is 3.92. The molecule has 0 radical (unpaired) electrons. The fourth-order valence-electron chi connectivity index (χ4n) is 2.10. The van der Waals surface area contributed by atoms with Gasteiger partial charge in [0.15, 0.2) is 11.5 Å². The van der Waals surface area contributed by atoms with Crippen LogP contribution in [0.5, 0.6) is 11.5 Å². The van der Waals surface area contributed by atoms with Crippen LogP contribution in [0.2, 0.25) is 0 Å². The highest BCUT2D eigenvalue weighted by molar-refractivity contribution is 5.39. The minimum absolute atomic E-state index is 0.232. The summed E-state index contributed by atoms with van der Waals surface area (Å²) in [5.41, 5.74) is 0.232. The number of hydrogen-bond acceptors (Lipinski definition) is 4. The number of nitrogens with one attached hydrogen (secondary N) is 1. The van der Waals surface area contributed by atoms with E-state index in [1.165, 1.54) is 0 Å². The molecule has 1 N–H and O–H groups in total. The number of ether oxygens (including phenoxy) is 3. The van der Waals surface area contributed by atoms with Crippen LogP contribution < -0.4 is 14.8 Å². The number of benzene rings is 1. The Hall–Kier alpha value is -1.26. The Morgan fingerprint density at radius 3 is 2.43 bits per heavy atom. The third-order valence-corrected chi connectivity index (χ3v) is 3.92. The van der Waals surface area contributed by atoms with Crippen LogP contribution in [0.4, 0.5) is 0 Å². The molecular formula is C17H29NO3. The molecule has 4 heteroatoms. The van der Waals surface area contributed by atoms with Crippen LogP contribution in [0.15, 0.2) is 24.3 Å². The molecule has 120 valence electrons. The molecule has 0 aliphatic carbocycles. The fourth-order valence-corrected chi connectivity index (χ4v) is 2.10. The molecule has 0 saturated heterocycles. The summed E-state index contributed by atoms with van der Waals surface area (Å²) in [5.74, 6) is 1.60. The van der Waals surface area contributed by atoms with Gasteiger partial charge < -0.3 is 19.5 Å². The lowest BCUT2D eigenvalue weighted by atomic mass is 9.84. The molecule has 1 unspecified atom stereocenters. The van der Waals surface area contributed by atoms with Gasteiger partial charge in [0.2, 0.25) is 0 Å². The number of para-hydroxylation sites is 2. The highest BCUT2D eigenvalue weighted by Gasteiger charge is 2.21. The van der Waals surface area contributed by atoms with E-state index >= 15 is 0 Å². The van der Waals surface area contributed by atoms with E-state index in [0.717, 1.165) is 44.0 Å². The molecule has 4 nitrogen and oxygen atoms in total. The zero-order valence-corrected chi connectivity index (χ0v) is 13.8. The first kappa shape index (κ1) is 17.8. The lowest BCUT2D eigenvalue weighted by Gasteiger charge is -2.28. The third kappa shape index (κ3) is 6.36. The van der Waals surface area contributed by atoms with Gasteiger partial charge in [-0.25, -0.2) is 0 Å². The van der Waals surface area contributed by atoms with Crippen molar-refractivity contribution in [2.45, 2.75) is 26.7 Å². The van der Waals surface area contributed by atoms with Crippen molar-refractivity contribution in [2.24, 2.45) is 5.41 Å². The van der Waals surface area contributed by atoms with Gasteiger partial charge in [-0.2, -0.15) is 0 Å². The summed E-state index contributed by atoms with van der Waals surface area (Å²) in [6.07, 6.45) is 2.11. The lowest BCUT2D eigenvalue weighted by Crippen LogP contribution is -2.34. The maximum Gasteiger partial charge on any atom is 0.161 e. The van der Waals surface area contributed by atoms with Crippen LogP contribution in [0, 0.1) is 5.41 Å². The Morgan fingerprint density at radius 1 is 1.10 bits per heavy atom. The van der Waals surface area contributed by atoms with Crippen LogP contribution in [-0.2, 0) is 4.74 Å². The first-order valence-corrected chi connectivity index (χ1v) is 7.60. The Bertz CT molecular complexity index is 397. The molecule has 0 fully saturated rings. The van der Waals surface area contributed by atoms with Gasteiger partial charge in [0, 0.05) is 20.2 Å². The van der Waals surface area contributed by atoms with Gasteiger partial charge >= 0.3 is 0 Å². The maximum absolute atomic E-state index is 5.88. The van der Waals surface area contributed by atoms with Gasteiger partial charge in [0.25, 0.3) is 0 Å². The van der Waals surface area contributed by atoms with Crippen LogP contribution in [0.1, 0.15) is 26.7 Å². The molecule has 0 amide bonds. The first-order chi connectivity index (χ1) is 10.1. The number of hydrogen-bond donors (Lipinski definition) is 1. The molecule has 0 aliphatic rings. The van der Waals surface area contributed by atoms with Gasteiger partial charge in [0.1, 0.15) is 0 Å². The Labute approximate surface area is 128 Å². The standard InChI is InChI=1S/C17H29NO3/c1-5-17(2,14-18-11-13-19-3)10-12-21-16-9-7-6-8-15(16)20-4/h6-9,18H,5,10-14H2,1-4H3. The van der Waals surface area contributed by atoms with Gasteiger partial charge in [-0.15, -0.1) is 0 Å². The zero-order chi connectivity index (χ0) is 15.6. The van der Waals surface area contributed by atoms with Gasteiger partial charge in [-0.05, 0) is 30.4 Å². The van der Waals surface area contributed by atoms with Crippen molar-refractivity contribution in [2.75, 3.05) is 40.5 Å². The Morgan fingerprint density at radius 2 is 1.81 bits per heavy atom. The average Bonchev–Trinajstić information content (AvgIpc) is 2.52. The molecule has 0 saturated carbocycles. The van der Waals surface area contributed by atoms with Crippen molar-refractivity contribution in [1.82, 2.24) is 5.32 Å². The van der Waals surface area contributed by atoms with Crippen LogP contribution in [0.3, 0.4) is 0 Å². The normalized spacial score (nSPS) is 13.7. The van der Waals surface area contributed by atoms with Crippen molar-refractivity contribution in [3.05, 3.63) is 24.3 Å². The average molecular weight is 295 g/mol. The van der Waals surface area contributed by atoms with Crippen molar-refractivity contribution in [3.8, 4) is 11.5 Å². The van der Waals surface area contributed by atoms with Crippen LogP contribution >= 0.6 is 0 Å². The van der Waals surface area contributed by atoms with Gasteiger partial charge in [-0.1, -0.05) is 26.0 Å².